The van der Waals surface area contributed by atoms with Crippen LogP contribution < -0.4 is 19.1 Å². The SMILES string of the molecule is COc1cc2c(c(OC)c1OC)C(=O)CCN2c1ccccc1. The summed E-state index contributed by atoms with van der Waals surface area (Å²) in [6.07, 6.45) is 0.424. The van der Waals surface area contributed by atoms with Gasteiger partial charge in [-0.05, 0) is 12.1 Å². The van der Waals surface area contributed by atoms with Crippen LogP contribution in [0.5, 0.6) is 17.2 Å². The fourth-order valence-electron chi connectivity index (χ4n) is 2.96. The average Bonchev–Trinajstić information content (AvgIpc) is 2.61. The molecule has 23 heavy (non-hydrogen) atoms. The third-order valence-electron chi connectivity index (χ3n) is 4.01. The molecule has 1 heterocycles. The minimum absolute atomic E-state index is 0.0463. The van der Waals surface area contributed by atoms with Gasteiger partial charge in [-0.1, -0.05) is 18.2 Å². The second-order valence-corrected chi connectivity index (χ2v) is 5.20. The highest BCUT2D eigenvalue weighted by Crippen LogP contribution is 2.48. The Labute approximate surface area is 135 Å². The van der Waals surface area contributed by atoms with E-state index in [1.54, 1.807) is 7.11 Å². The smallest absolute Gasteiger partial charge is 0.204 e. The molecule has 0 unspecified atom stereocenters. The van der Waals surface area contributed by atoms with Gasteiger partial charge in [0.15, 0.2) is 17.3 Å². The summed E-state index contributed by atoms with van der Waals surface area (Å²) in [5, 5.41) is 0. The quantitative estimate of drug-likeness (QED) is 0.865. The lowest BCUT2D eigenvalue weighted by atomic mass is 9.97. The van der Waals surface area contributed by atoms with Gasteiger partial charge in [-0.3, -0.25) is 4.79 Å². The van der Waals surface area contributed by atoms with Gasteiger partial charge in [0.25, 0.3) is 0 Å². The number of rotatable bonds is 4. The number of fused-ring (bicyclic) bond motifs is 1. The number of anilines is 2. The molecule has 2 aromatic carbocycles. The Balaban J connectivity index is 2.25. The fraction of sp³-hybridized carbons (Fsp3) is 0.278. The number of Topliss-reactive ketones (excluding diaryl/α,β-unsaturated/α-hetero) is 1. The van der Waals surface area contributed by atoms with Crippen LogP contribution in [0.25, 0.3) is 0 Å². The summed E-state index contributed by atoms with van der Waals surface area (Å²) < 4.78 is 16.3. The lowest BCUT2D eigenvalue weighted by Gasteiger charge is -2.32. The number of hydrogen-bond donors (Lipinski definition) is 0. The maximum Gasteiger partial charge on any atom is 0.204 e. The Morgan fingerprint density at radius 1 is 0.957 bits per heavy atom. The molecule has 0 atom stereocenters. The highest BCUT2D eigenvalue weighted by Gasteiger charge is 2.32. The number of carbonyl (C=O) groups excluding carboxylic acids is 1. The number of para-hydroxylation sites is 1. The first-order valence-electron chi connectivity index (χ1n) is 7.40. The van der Waals surface area contributed by atoms with Crippen LogP contribution in [0.1, 0.15) is 16.8 Å². The van der Waals surface area contributed by atoms with Gasteiger partial charge in [-0.2, -0.15) is 0 Å². The number of methoxy groups -OCH3 is 3. The largest absolute Gasteiger partial charge is 0.493 e. The first kappa shape index (κ1) is 15.2. The highest BCUT2D eigenvalue weighted by molar-refractivity contribution is 6.08. The number of ether oxygens (including phenoxy) is 3. The molecule has 1 aliphatic rings. The van der Waals surface area contributed by atoms with Crippen molar-refractivity contribution in [3.05, 3.63) is 42.0 Å². The molecule has 0 fully saturated rings. The molecular weight excluding hydrogens is 294 g/mol. The van der Waals surface area contributed by atoms with Gasteiger partial charge < -0.3 is 19.1 Å². The number of carbonyl (C=O) groups is 1. The van der Waals surface area contributed by atoms with E-state index < -0.39 is 0 Å². The molecule has 1 aliphatic heterocycles. The Morgan fingerprint density at radius 3 is 2.26 bits per heavy atom. The molecule has 0 saturated carbocycles. The average molecular weight is 313 g/mol. The molecule has 5 nitrogen and oxygen atoms in total. The highest BCUT2D eigenvalue weighted by atomic mass is 16.5. The Morgan fingerprint density at radius 2 is 1.65 bits per heavy atom. The van der Waals surface area contributed by atoms with Crippen molar-refractivity contribution in [2.24, 2.45) is 0 Å². The molecule has 0 amide bonds. The number of benzene rings is 2. The van der Waals surface area contributed by atoms with Gasteiger partial charge in [0.05, 0.1) is 32.6 Å². The second kappa shape index (κ2) is 6.20. The minimum Gasteiger partial charge on any atom is -0.493 e. The standard InChI is InChI=1S/C18H19NO4/c1-21-15-11-13-16(18(23-3)17(15)22-2)14(20)9-10-19(13)12-7-5-4-6-8-12/h4-8,11H,9-10H2,1-3H3. The first-order valence-corrected chi connectivity index (χ1v) is 7.40. The summed E-state index contributed by atoms with van der Waals surface area (Å²) in [7, 11) is 4.64. The Hall–Kier alpha value is -2.69. The topological polar surface area (TPSA) is 48.0 Å². The van der Waals surface area contributed by atoms with E-state index in [9.17, 15) is 4.79 Å². The Bertz CT molecular complexity index is 728. The van der Waals surface area contributed by atoms with Gasteiger partial charge in [0, 0.05) is 24.7 Å². The molecule has 0 aliphatic carbocycles. The van der Waals surface area contributed by atoms with Crippen LogP contribution in [0.2, 0.25) is 0 Å². The van der Waals surface area contributed by atoms with Crippen molar-refractivity contribution in [3.8, 4) is 17.2 Å². The van der Waals surface area contributed by atoms with Crippen molar-refractivity contribution in [1.82, 2.24) is 0 Å². The molecule has 5 heteroatoms. The number of ketones is 1. The van der Waals surface area contributed by atoms with Crippen molar-refractivity contribution < 1.29 is 19.0 Å². The van der Waals surface area contributed by atoms with E-state index in [1.165, 1.54) is 14.2 Å². The van der Waals surface area contributed by atoms with Crippen LogP contribution in [0, 0.1) is 0 Å². The summed E-state index contributed by atoms with van der Waals surface area (Å²) in [5.74, 6) is 1.45. The van der Waals surface area contributed by atoms with E-state index in [-0.39, 0.29) is 5.78 Å². The third kappa shape index (κ3) is 2.48. The number of hydrogen-bond acceptors (Lipinski definition) is 5. The predicted molar refractivity (Wildman–Crippen MR) is 88.5 cm³/mol. The van der Waals surface area contributed by atoms with Crippen LogP contribution in [-0.2, 0) is 0 Å². The van der Waals surface area contributed by atoms with Crippen molar-refractivity contribution in [2.75, 3.05) is 32.8 Å². The van der Waals surface area contributed by atoms with Crippen LogP contribution in [0.4, 0.5) is 11.4 Å². The zero-order chi connectivity index (χ0) is 16.4. The van der Waals surface area contributed by atoms with Gasteiger partial charge >= 0.3 is 0 Å². The van der Waals surface area contributed by atoms with E-state index in [0.717, 1.165) is 11.4 Å². The molecule has 3 rings (SSSR count). The zero-order valence-corrected chi connectivity index (χ0v) is 13.5. The Kier molecular flexibility index (Phi) is 4.10. The van der Waals surface area contributed by atoms with Gasteiger partial charge in [-0.25, -0.2) is 0 Å². The normalized spacial score (nSPS) is 13.5. The van der Waals surface area contributed by atoms with E-state index in [4.69, 9.17) is 14.2 Å². The van der Waals surface area contributed by atoms with Crippen molar-refractivity contribution >= 4 is 17.2 Å². The van der Waals surface area contributed by atoms with Crippen molar-refractivity contribution in [3.63, 3.8) is 0 Å². The van der Waals surface area contributed by atoms with Gasteiger partial charge in [-0.15, -0.1) is 0 Å². The maximum absolute atomic E-state index is 12.5. The van der Waals surface area contributed by atoms with Crippen LogP contribution in [-0.4, -0.2) is 33.7 Å². The molecule has 0 radical (unpaired) electrons. The van der Waals surface area contributed by atoms with E-state index in [0.29, 0.717) is 35.8 Å². The van der Waals surface area contributed by atoms with E-state index >= 15 is 0 Å². The predicted octanol–water partition coefficient (Wildman–Crippen LogP) is 3.44. The third-order valence-corrected chi connectivity index (χ3v) is 4.01. The lowest BCUT2D eigenvalue weighted by molar-refractivity contribution is 0.0977. The summed E-state index contributed by atoms with van der Waals surface area (Å²) in [6, 6.07) is 11.8. The minimum atomic E-state index is 0.0463. The maximum atomic E-state index is 12.5. The van der Waals surface area contributed by atoms with Gasteiger partial charge in [0.2, 0.25) is 5.75 Å². The van der Waals surface area contributed by atoms with Gasteiger partial charge in [0.1, 0.15) is 0 Å². The second-order valence-electron chi connectivity index (χ2n) is 5.20. The van der Waals surface area contributed by atoms with Crippen molar-refractivity contribution in [2.45, 2.75) is 6.42 Å². The monoisotopic (exact) mass is 313 g/mol. The summed E-state index contributed by atoms with van der Waals surface area (Å²) in [5.41, 5.74) is 2.35. The molecule has 2 aromatic rings. The number of nitrogens with zero attached hydrogens (tertiary/aromatic N) is 1. The molecule has 0 bridgehead atoms. The summed E-state index contributed by atoms with van der Waals surface area (Å²) in [6.45, 7) is 0.620. The first-order chi connectivity index (χ1) is 11.2. The summed E-state index contributed by atoms with van der Waals surface area (Å²) >= 11 is 0. The fourth-order valence-corrected chi connectivity index (χ4v) is 2.96. The molecule has 0 N–H and O–H groups in total. The van der Waals surface area contributed by atoms with Crippen LogP contribution in [0.3, 0.4) is 0 Å². The molecule has 0 aromatic heterocycles. The van der Waals surface area contributed by atoms with E-state index in [2.05, 4.69) is 4.90 Å². The van der Waals surface area contributed by atoms with Crippen molar-refractivity contribution in [1.29, 1.82) is 0 Å². The van der Waals surface area contributed by atoms with Crippen LogP contribution >= 0.6 is 0 Å². The molecule has 120 valence electrons. The lowest BCUT2D eigenvalue weighted by Crippen LogP contribution is -2.28. The zero-order valence-electron chi connectivity index (χ0n) is 13.5. The molecular formula is C18H19NO4. The van der Waals surface area contributed by atoms with E-state index in [1.807, 2.05) is 36.4 Å². The summed E-state index contributed by atoms with van der Waals surface area (Å²) in [4.78, 5) is 14.6. The van der Waals surface area contributed by atoms with Crippen LogP contribution in [0.15, 0.2) is 36.4 Å². The molecule has 0 saturated heterocycles. The molecule has 0 spiro atoms.